The van der Waals surface area contributed by atoms with Crippen molar-refractivity contribution in [3.05, 3.63) is 34.1 Å². The highest BCUT2D eigenvalue weighted by Crippen LogP contribution is 2.21. The number of aliphatic hydroxyl groups is 1. The lowest BCUT2D eigenvalue weighted by Crippen LogP contribution is -1.98. The number of hydrogen-bond acceptors (Lipinski definition) is 2. The highest BCUT2D eigenvalue weighted by atomic mass is 79.9. The summed E-state index contributed by atoms with van der Waals surface area (Å²) in [6.07, 6.45) is -0.328. The van der Waals surface area contributed by atoms with Crippen LogP contribution in [-0.4, -0.2) is 11.4 Å². The minimum atomic E-state index is -0.917. The van der Waals surface area contributed by atoms with Crippen LogP contribution < -0.4 is 0 Å². The Morgan fingerprint density at radius 1 is 1.62 bits per heavy atom. The summed E-state index contributed by atoms with van der Waals surface area (Å²) in [7, 11) is 0. The molecule has 4 heteroatoms. The molecule has 1 unspecified atom stereocenters. The lowest BCUT2D eigenvalue weighted by atomic mass is 10.1. The molecule has 0 saturated carbocycles. The summed E-state index contributed by atoms with van der Waals surface area (Å²) in [6, 6.07) is 4.28. The first-order valence-electron chi connectivity index (χ1n) is 3.72. The summed E-state index contributed by atoms with van der Waals surface area (Å²) in [5.41, 5.74) is 0.410. The molecule has 13 heavy (non-hydrogen) atoms. The smallest absolute Gasteiger partial charge is 0.137 e. The van der Waals surface area contributed by atoms with Gasteiger partial charge in [0.15, 0.2) is 0 Å². The fraction of sp³-hybridized carbons (Fsp3) is 0.222. The van der Waals surface area contributed by atoms with Gasteiger partial charge in [-0.15, -0.1) is 0 Å². The van der Waals surface area contributed by atoms with Crippen molar-refractivity contribution in [2.75, 3.05) is 0 Å². The number of aldehydes is 1. The predicted molar refractivity (Wildman–Crippen MR) is 49.7 cm³/mol. The zero-order chi connectivity index (χ0) is 9.84. The van der Waals surface area contributed by atoms with Gasteiger partial charge >= 0.3 is 0 Å². The van der Waals surface area contributed by atoms with E-state index in [9.17, 15) is 14.3 Å². The highest BCUT2D eigenvalue weighted by Gasteiger charge is 2.08. The molecule has 0 bridgehead atoms. The van der Waals surface area contributed by atoms with Crippen LogP contribution in [0.5, 0.6) is 0 Å². The number of rotatable bonds is 3. The Balaban J connectivity index is 2.89. The molecule has 0 radical (unpaired) electrons. The summed E-state index contributed by atoms with van der Waals surface area (Å²) >= 11 is 2.99. The van der Waals surface area contributed by atoms with E-state index < -0.39 is 11.9 Å². The molecule has 1 aromatic rings. The van der Waals surface area contributed by atoms with Crippen LogP contribution in [0.1, 0.15) is 18.1 Å². The van der Waals surface area contributed by atoms with Gasteiger partial charge in [0.05, 0.1) is 10.6 Å². The summed E-state index contributed by atoms with van der Waals surface area (Å²) in [5.74, 6) is -0.442. The summed E-state index contributed by atoms with van der Waals surface area (Å²) in [6.45, 7) is 0. The third kappa shape index (κ3) is 2.60. The van der Waals surface area contributed by atoms with E-state index in [0.29, 0.717) is 16.3 Å². The number of carbonyl (C=O) groups is 1. The van der Waals surface area contributed by atoms with E-state index in [2.05, 4.69) is 15.9 Å². The van der Waals surface area contributed by atoms with Crippen molar-refractivity contribution in [1.29, 1.82) is 0 Å². The first kappa shape index (κ1) is 10.3. The molecule has 1 aromatic carbocycles. The second kappa shape index (κ2) is 4.48. The van der Waals surface area contributed by atoms with Crippen molar-refractivity contribution in [3.8, 4) is 0 Å². The Kier molecular flexibility index (Phi) is 3.57. The maximum absolute atomic E-state index is 12.9. The van der Waals surface area contributed by atoms with Gasteiger partial charge in [0, 0.05) is 6.42 Å². The third-order valence-electron chi connectivity index (χ3n) is 1.65. The molecule has 0 fully saturated rings. The van der Waals surface area contributed by atoms with Crippen molar-refractivity contribution in [1.82, 2.24) is 0 Å². The SMILES string of the molecule is O=CCC(O)c1ccc(Br)c(F)c1. The molecule has 0 aliphatic carbocycles. The fourth-order valence-corrected chi connectivity index (χ4v) is 1.19. The van der Waals surface area contributed by atoms with Crippen LogP contribution in [-0.2, 0) is 4.79 Å². The average Bonchev–Trinajstić information content (AvgIpc) is 2.10. The van der Waals surface area contributed by atoms with Crippen LogP contribution in [0.25, 0.3) is 0 Å². The molecular weight excluding hydrogens is 239 g/mol. The number of carbonyl (C=O) groups excluding carboxylic acids is 1. The van der Waals surface area contributed by atoms with Gasteiger partial charge in [0.25, 0.3) is 0 Å². The number of hydrogen-bond donors (Lipinski definition) is 1. The van der Waals surface area contributed by atoms with Crippen LogP contribution in [0.3, 0.4) is 0 Å². The summed E-state index contributed by atoms with van der Waals surface area (Å²) < 4.78 is 13.3. The second-order valence-corrected chi connectivity index (χ2v) is 3.45. The molecule has 1 rings (SSSR count). The summed E-state index contributed by atoms with van der Waals surface area (Å²) in [4.78, 5) is 10.1. The molecule has 1 N–H and O–H groups in total. The molecule has 70 valence electrons. The average molecular weight is 247 g/mol. The Morgan fingerprint density at radius 2 is 2.31 bits per heavy atom. The maximum Gasteiger partial charge on any atom is 0.137 e. The van der Waals surface area contributed by atoms with Crippen LogP contribution in [0.15, 0.2) is 22.7 Å². The first-order chi connectivity index (χ1) is 6.15. The lowest BCUT2D eigenvalue weighted by Gasteiger charge is -2.07. The molecule has 1 atom stereocenters. The van der Waals surface area contributed by atoms with Crippen LogP contribution in [0, 0.1) is 5.82 Å². The lowest BCUT2D eigenvalue weighted by molar-refractivity contribution is -0.109. The van der Waals surface area contributed by atoms with Gasteiger partial charge in [-0.1, -0.05) is 6.07 Å². The highest BCUT2D eigenvalue weighted by molar-refractivity contribution is 9.10. The molecule has 0 aliphatic rings. The second-order valence-electron chi connectivity index (χ2n) is 2.59. The number of aliphatic hydroxyl groups excluding tert-OH is 1. The van der Waals surface area contributed by atoms with E-state index in [4.69, 9.17) is 0 Å². The maximum atomic E-state index is 12.9. The summed E-state index contributed by atoms with van der Waals surface area (Å²) in [5, 5.41) is 9.32. The van der Waals surface area contributed by atoms with Crippen molar-refractivity contribution < 1.29 is 14.3 Å². The van der Waals surface area contributed by atoms with Crippen molar-refractivity contribution in [2.24, 2.45) is 0 Å². The molecule has 0 amide bonds. The molecule has 2 nitrogen and oxygen atoms in total. The standard InChI is InChI=1S/C9H8BrFO2/c10-7-2-1-6(5-8(7)11)9(13)3-4-12/h1-2,4-5,9,13H,3H2. The van der Waals surface area contributed by atoms with E-state index in [0.717, 1.165) is 0 Å². The van der Waals surface area contributed by atoms with E-state index in [1.54, 1.807) is 6.07 Å². The van der Waals surface area contributed by atoms with Crippen LogP contribution in [0.2, 0.25) is 0 Å². The fourth-order valence-electron chi connectivity index (χ4n) is 0.947. The molecule has 0 spiro atoms. The monoisotopic (exact) mass is 246 g/mol. The largest absolute Gasteiger partial charge is 0.388 e. The Hall–Kier alpha value is -0.740. The van der Waals surface area contributed by atoms with Gasteiger partial charge in [-0.3, -0.25) is 0 Å². The van der Waals surface area contributed by atoms with E-state index in [1.807, 2.05) is 0 Å². The van der Waals surface area contributed by atoms with Crippen molar-refractivity contribution in [3.63, 3.8) is 0 Å². The molecule has 0 aromatic heterocycles. The number of benzene rings is 1. The Bertz CT molecular complexity index is 314. The molecular formula is C9H8BrFO2. The van der Waals surface area contributed by atoms with Gasteiger partial charge in [0.1, 0.15) is 12.1 Å². The zero-order valence-electron chi connectivity index (χ0n) is 6.71. The minimum absolute atomic E-state index is 0.0128. The van der Waals surface area contributed by atoms with Crippen LogP contribution in [0.4, 0.5) is 4.39 Å². The molecule has 0 saturated heterocycles. The van der Waals surface area contributed by atoms with Crippen molar-refractivity contribution >= 4 is 22.2 Å². The van der Waals surface area contributed by atoms with Gasteiger partial charge in [-0.05, 0) is 33.6 Å². The van der Waals surface area contributed by atoms with E-state index in [1.165, 1.54) is 12.1 Å². The molecule has 0 heterocycles. The Morgan fingerprint density at radius 3 is 2.85 bits per heavy atom. The van der Waals surface area contributed by atoms with Crippen molar-refractivity contribution in [2.45, 2.75) is 12.5 Å². The number of halogens is 2. The quantitative estimate of drug-likeness (QED) is 0.831. The third-order valence-corrected chi connectivity index (χ3v) is 2.29. The Labute approximate surface area is 83.5 Å². The van der Waals surface area contributed by atoms with Gasteiger partial charge in [-0.2, -0.15) is 0 Å². The van der Waals surface area contributed by atoms with E-state index in [-0.39, 0.29) is 6.42 Å². The van der Waals surface area contributed by atoms with Gasteiger partial charge < -0.3 is 9.90 Å². The molecule has 0 aliphatic heterocycles. The normalized spacial score (nSPS) is 12.5. The van der Waals surface area contributed by atoms with Gasteiger partial charge in [0.2, 0.25) is 0 Å². The minimum Gasteiger partial charge on any atom is -0.388 e. The zero-order valence-corrected chi connectivity index (χ0v) is 8.29. The topological polar surface area (TPSA) is 37.3 Å². The predicted octanol–water partition coefficient (Wildman–Crippen LogP) is 2.21. The first-order valence-corrected chi connectivity index (χ1v) is 4.51. The van der Waals surface area contributed by atoms with E-state index >= 15 is 0 Å². The van der Waals surface area contributed by atoms with Gasteiger partial charge in [-0.25, -0.2) is 4.39 Å². The van der Waals surface area contributed by atoms with Crippen LogP contribution >= 0.6 is 15.9 Å².